The zero-order chi connectivity index (χ0) is 18.5. The lowest BCUT2D eigenvalue weighted by Gasteiger charge is -2.36. The Morgan fingerprint density at radius 3 is 2.63 bits per heavy atom. The van der Waals surface area contributed by atoms with Gasteiger partial charge < -0.3 is 20.6 Å². The molecule has 0 radical (unpaired) electrons. The van der Waals surface area contributed by atoms with Gasteiger partial charge in [-0.05, 0) is 35.4 Å². The first-order chi connectivity index (χ1) is 12.5. The summed E-state index contributed by atoms with van der Waals surface area (Å²) in [4.78, 5) is 25.2. The smallest absolute Gasteiger partial charge is 0.335 e. The van der Waals surface area contributed by atoms with Crippen LogP contribution in [0.25, 0.3) is 0 Å². The fourth-order valence-electron chi connectivity index (χ4n) is 3.00. The van der Waals surface area contributed by atoms with Gasteiger partial charge in [0.2, 0.25) is 0 Å². The molecule has 1 heterocycles. The second-order valence-electron chi connectivity index (χ2n) is 6.13. The van der Waals surface area contributed by atoms with Crippen molar-refractivity contribution in [3.8, 4) is 0 Å². The first-order valence-electron chi connectivity index (χ1n) is 8.37. The maximum Gasteiger partial charge on any atom is 0.335 e. The summed E-state index contributed by atoms with van der Waals surface area (Å²) in [6, 6.07) is 12.2. The van der Waals surface area contributed by atoms with Gasteiger partial charge in [-0.25, -0.2) is 14.0 Å². The molecule has 0 aromatic heterocycles. The van der Waals surface area contributed by atoms with E-state index in [1.54, 1.807) is 23.1 Å². The van der Waals surface area contributed by atoms with Crippen LogP contribution in [0.15, 0.2) is 48.5 Å². The molecular weight excluding hydrogens is 373 g/mol. The quantitative estimate of drug-likeness (QED) is 0.746. The second kappa shape index (κ2) is 9.34. The average molecular weight is 394 g/mol. The van der Waals surface area contributed by atoms with Crippen LogP contribution in [0.4, 0.5) is 9.18 Å². The van der Waals surface area contributed by atoms with E-state index in [9.17, 15) is 14.0 Å². The number of carboxylic acids is 1. The summed E-state index contributed by atoms with van der Waals surface area (Å²) in [5.74, 6) is -1.31. The van der Waals surface area contributed by atoms with E-state index in [-0.39, 0.29) is 35.9 Å². The van der Waals surface area contributed by atoms with Gasteiger partial charge >= 0.3 is 12.0 Å². The molecule has 2 aromatic carbocycles. The lowest BCUT2D eigenvalue weighted by atomic mass is 10.0. The van der Waals surface area contributed by atoms with E-state index in [4.69, 9.17) is 5.11 Å². The van der Waals surface area contributed by atoms with Gasteiger partial charge in [0.15, 0.2) is 0 Å². The summed E-state index contributed by atoms with van der Waals surface area (Å²) in [6.45, 7) is 2.04. The van der Waals surface area contributed by atoms with Crippen LogP contribution >= 0.6 is 12.4 Å². The highest BCUT2D eigenvalue weighted by atomic mass is 35.5. The standard InChI is InChI=1S/C19H20FN3O3.ClH/c20-16-3-1-2-15(10-16)17-12-21-8-9-23(17)19(26)22-11-13-4-6-14(7-5-13)18(24)25;/h1-7,10,17,21H,8-9,11-12H2,(H,22,26)(H,24,25);1H. The van der Waals surface area contributed by atoms with Gasteiger partial charge in [-0.2, -0.15) is 0 Å². The minimum Gasteiger partial charge on any atom is -0.478 e. The number of rotatable bonds is 4. The van der Waals surface area contributed by atoms with Crippen LogP contribution in [-0.4, -0.2) is 41.6 Å². The molecule has 1 aliphatic heterocycles. The number of aromatic carboxylic acids is 1. The van der Waals surface area contributed by atoms with Gasteiger partial charge in [0.25, 0.3) is 0 Å². The number of carbonyl (C=O) groups is 2. The monoisotopic (exact) mass is 393 g/mol. The van der Waals surface area contributed by atoms with Crippen molar-refractivity contribution in [2.45, 2.75) is 12.6 Å². The molecule has 3 rings (SSSR count). The predicted octanol–water partition coefficient (Wildman–Crippen LogP) is 2.80. The maximum absolute atomic E-state index is 13.5. The molecule has 3 N–H and O–H groups in total. The Labute approximate surface area is 162 Å². The fraction of sp³-hybridized carbons (Fsp3) is 0.263. The van der Waals surface area contributed by atoms with Gasteiger partial charge in [0.1, 0.15) is 5.82 Å². The molecule has 144 valence electrons. The number of halogens is 2. The maximum atomic E-state index is 13.5. The van der Waals surface area contributed by atoms with Gasteiger partial charge in [-0.1, -0.05) is 24.3 Å². The Bertz CT molecular complexity index is 801. The molecule has 6 nitrogen and oxygen atoms in total. The van der Waals surface area contributed by atoms with Gasteiger partial charge in [0, 0.05) is 26.2 Å². The van der Waals surface area contributed by atoms with Crippen LogP contribution in [0.2, 0.25) is 0 Å². The first kappa shape index (κ1) is 20.7. The van der Waals surface area contributed by atoms with Crippen molar-refractivity contribution in [3.05, 3.63) is 71.0 Å². The number of nitrogens with zero attached hydrogens (tertiary/aromatic N) is 1. The summed E-state index contributed by atoms with van der Waals surface area (Å²) in [5, 5.41) is 15.0. The Morgan fingerprint density at radius 1 is 1.22 bits per heavy atom. The largest absolute Gasteiger partial charge is 0.478 e. The van der Waals surface area contributed by atoms with E-state index in [0.717, 1.165) is 11.1 Å². The topological polar surface area (TPSA) is 81.7 Å². The Morgan fingerprint density at radius 2 is 1.96 bits per heavy atom. The van der Waals surface area contributed by atoms with Gasteiger partial charge in [0.05, 0.1) is 11.6 Å². The van der Waals surface area contributed by atoms with Crippen molar-refractivity contribution in [3.63, 3.8) is 0 Å². The molecule has 0 spiro atoms. The zero-order valence-corrected chi connectivity index (χ0v) is 15.3. The first-order valence-corrected chi connectivity index (χ1v) is 8.37. The molecule has 27 heavy (non-hydrogen) atoms. The summed E-state index contributed by atoms with van der Waals surface area (Å²) >= 11 is 0. The Balaban J connectivity index is 0.00000261. The van der Waals surface area contributed by atoms with Crippen LogP contribution < -0.4 is 10.6 Å². The summed E-state index contributed by atoms with van der Waals surface area (Å²) in [7, 11) is 0. The summed E-state index contributed by atoms with van der Waals surface area (Å²) in [6.07, 6.45) is 0. The van der Waals surface area contributed by atoms with E-state index >= 15 is 0 Å². The number of benzene rings is 2. The summed E-state index contributed by atoms with van der Waals surface area (Å²) in [5.41, 5.74) is 1.76. The number of hydrogen-bond donors (Lipinski definition) is 3. The molecule has 0 bridgehead atoms. The summed E-state index contributed by atoms with van der Waals surface area (Å²) < 4.78 is 13.5. The number of carboxylic acid groups (broad SMARTS) is 1. The highest BCUT2D eigenvalue weighted by Crippen LogP contribution is 2.23. The number of amides is 2. The van der Waals surface area contributed by atoms with E-state index in [2.05, 4.69) is 10.6 Å². The number of urea groups is 1. The minimum atomic E-state index is -0.987. The lowest BCUT2D eigenvalue weighted by molar-refractivity contribution is 0.0697. The SMILES string of the molecule is Cl.O=C(O)c1ccc(CNC(=O)N2CCNCC2c2cccc(F)c2)cc1. The number of carbonyl (C=O) groups excluding carboxylic acids is 1. The molecule has 1 unspecified atom stereocenters. The molecule has 1 atom stereocenters. The molecule has 1 saturated heterocycles. The molecular formula is C19H21ClFN3O3. The van der Waals surface area contributed by atoms with Crippen LogP contribution in [-0.2, 0) is 6.54 Å². The molecule has 1 aliphatic rings. The fourth-order valence-corrected chi connectivity index (χ4v) is 3.00. The molecule has 0 aliphatic carbocycles. The molecule has 0 saturated carbocycles. The van der Waals surface area contributed by atoms with Crippen molar-refractivity contribution in [1.82, 2.24) is 15.5 Å². The van der Waals surface area contributed by atoms with Crippen LogP contribution in [0, 0.1) is 5.82 Å². The predicted molar refractivity (Wildman–Crippen MR) is 102 cm³/mol. The van der Waals surface area contributed by atoms with E-state index in [0.29, 0.717) is 26.2 Å². The van der Waals surface area contributed by atoms with Gasteiger partial charge in [-0.3, -0.25) is 0 Å². The minimum absolute atomic E-state index is 0. The number of hydrogen-bond acceptors (Lipinski definition) is 3. The normalized spacial score (nSPS) is 16.3. The van der Waals surface area contributed by atoms with Crippen molar-refractivity contribution in [2.75, 3.05) is 19.6 Å². The van der Waals surface area contributed by atoms with Crippen molar-refractivity contribution < 1.29 is 19.1 Å². The molecule has 2 aromatic rings. The third kappa shape index (κ3) is 5.18. The van der Waals surface area contributed by atoms with Crippen LogP contribution in [0.5, 0.6) is 0 Å². The molecule has 1 fully saturated rings. The van der Waals surface area contributed by atoms with E-state index < -0.39 is 5.97 Å². The Hall–Kier alpha value is -2.64. The number of nitrogens with one attached hydrogen (secondary N) is 2. The van der Waals surface area contributed by atoms with Crippen LogP contribution in [0.1, 0.15) is 27.5 Å². The van der Waals surface area contributed by atoms with Crippen molar-refractivity contribution in [1.29, 1.82) is 0 Å². The number of piperazine rings is 1. The highest BCUT2D eigenvalue weighted by Gasteiger charge is 2.27. The van der Waals surface area contributed by atoms with E-state index in [1.165, 1.54) is 24.3 Å². The van der Waals surface area contributed by atoms with Crippen molar-refractivity contribution in [2.24, 2.45) is 0 Å². The highest BCUT2D eigenvalue weighted by molar-refractivity contribution is 5.87. The lowest BCUT2D eigenvalue weighted by Crippen LogP contribution is -2.51. The third-order valence-corrected chi connectivity index (χ3v) is 4.38. The molecule has 8 heteroatoms. The second-order valence-corrected chi connectivity index (χ2v) is 6.13. The average Bonchev–Trinajstić information content (AvgIpc) is 2.66. The van der Waals surface area contributed by atoms with Crippen molar-refractivity contribution >= 4 is 24.4 Å². The third-order valence-electron chi connectivity index (χ3n) is 4.38. The Kier molecular flexibility index (Phi) is 7.15. The van der Waals surface area contributed by atoms with Gasteiger partial charge in [-0.15, -0.1) is 12.4 Å². The molecule has 2 amide bonds. The zero-order valence-electron chi connectivity index (χ0n) is 14.5. The van der Waals surface area contributed by atoms with E-state index in [1.807, 2.05) is 6.07 Å². The van der Waals surface area contributed by atoms with Crippen LogP contribution in [0.3, 0.4) is 0 Å².